The monoisotopic (exact) mass is 314 g/mol. The van der Waals surface area contributed by atoms with Gasteiger partial charge in [0, 0.05) is 12.6 Å². The zero-order valence-corrected chi connectivity index (χ0v) is 14.5. The molecule has 0 heterocycles. The van der Waals surface area contributed by atoms with Crippen LogP contribution in [0.4, 0.5) is 0 Å². The van der Waals surface area contributed by atoms with Crippen LogP contribution < -0.4 is 14.8 Å². The summed E-state index contributed by atoms with van der Waals surface area (Å²) < 4.78 is 32.9. The molecule has 1 unspecified atom stereocenters. The van der Waals surface area contributed by atoms with Crippen LogP contribution >= 0.6 is 0 Å². The Morgan fingerprint density at radius 3 is 2.33 bits per heavy atom. The molecule has 1 rings (SSSR count). The van der Waals surface area contributed by atoms with Crippen LogP contribution in [0.3, 0.4) is 0 Å². The molecule has 5 nitrogen and oxygen atoms in total. The van der Waals surface area contributed by atoms with Crippen molar-refractivity contribution < 1.29 is 13.2 Å². The van der Waals surface area contributed by atoms with Crippen molar-refractivity contribution in [3.63, 3.8) is 0 Å². The molecule has 21 heavy (non-hydrogen) atoms. The van der Waals surface area contributed by atoms with Gasteiger partial charge in [-0.1, -0.05) is 13.8 Å². The van der Waals surface area contributed by atoms with Gasteiger partial charge in [0.25, 0.3) is 0 Å². The van der Waals surface area contributed by atoms with Crippen LogP contribution in [-0.4, -0.2) is 35.2 Å². The summed E-state index contributed by atoms with van der Waals surface area (Å²) in [7, 11) is -0.124. The normalized spacial score (nSPS) is 13.5. The number of benzene rings is 1. The van der Waals surface area contributed by atoms with Gasteiger partial charge in [-0.3, -0.25) is 0 Å². The Kier molecular flexibility index (Phi) is 6.19. The molecule has 0 fully saturated rings. The molecule has 0 radical (unpaired) electrons. The lowest BCUT2D eigenvalue weighted by Crippen LogP contribution is -2.37. The number of ether oxygens (including phenoxy) is 1. The van der Waals surface area contributed by atoms with E-state index in [2.05, 4.69) is 10.0 Å². The van der Waals surface area contributed by atoms with Gasteiger partial charge in [-0.2, -0.15) is 0 Å². The summed E-state index contributed by atoms with van der Waals surface area (Å²) in [6.07, 6.45) is 0. The molecule has 0 bridgehead atoms. The molecule has 1 aromatic carbocycles. The highest BCUT2D eigenvalue weighted by Crippen LogP contribution is 2.31. The van der Waals surface area contributed by atoms with Crippen molar-refractivity contribution in [2.24, 2.45) is 0 Å². The molecule has 0 saturated heterocycles. The van der Waals surface area contributed by atoms with Gasteiger partial charge in [-0.25, -0.2) is 13.1 Å². The average Bonchev–Trinajstić information content (AvgIpc) is 2.43. The van der Waals surface area contributed by atoms with Crippen LogP contribution in [0.15, 0.2) is 17.0 Å². The fourth-order valence-corrected chi connectivity index (χ4v) is 3.40. The third kappa shape index (κ3) is 4.43. The van der Waals surface area contributed by atoms with Gasteiger partial charge in [0.1, 0.15) is 5.75 Å². The molecule has 6 heteroatoms. The predicted octanol–water partition coefficient (Wildman–Crippen LogP) is 2.01. The molecule has 1 atom stereocenters. The van der Waals surface area contributed by atoms with Gasteiger partial charge < -0.3 is 10.1 Å². The Labute approximate surface area is 128 Å². The standard InChI is InChI=1S/C15H26N2O3S/c1-10(2)13-8-15(11(3)7-14(13)20-6)21(18,19)17-9-12(4)16-5/h7-8,10,12,16-17H,9H2,1-6H3. The Bertz CT molecular complexity index is 583. The molecular weight excluding hydrogens is 288 g/mol. The minimum absolute atomic E-state index is 0.0721. The van der Waals surface area contributed by atoms with Crippen LogP contribution in [0.5, 0.6) is 5.75 Å². The van der Waals surface area contributed by atoms with E-state index >= 15 is 0 Å². The zero-order chi connectivity index (χ0) is 16.2. The summed E-state index contributed by atoms with van der Waals surface area (Å²) in [4.78, 5) is 0.315. The SMILES string of the molecule is CNC(C)CNS(=O)(=O)c1cc(C(C)C)c(OC)cc1C. The summed E-state index contributed by atoms with van der Waals surface area (Å²) in [6, 6.07) is 3.57. The van der Waals surface area contributed by atoms with Crippen molar-refractivity contribution in [2.45, 2.75) is 44.6 Å². The maximum Gasteiger partial charge on any atom is 0.240 e. The number of methoxy groups -OCH3 is 1. The lowest BCUT2D eigenvalue weighted by Gasteiger charge is -2.17. The number of aryl methyl sites for hydroxylation is 1. The quantitative estimate of drug-likeness (QED) is 0.808. The fourth-order valence-electron chi connectivity index (χ4n) is 2.01. The van der Waals surface area contributed by atoms with E-state index in [1.807, 2.05) is 20.8 Å². The summed E-state index contributed by atoms with van der Waals surface area (Å²) >= 11 is 0. The Morgan fingerprint density at radius 2 is 1.86 bits per heavy atom. The van der Waals surface area contributed by atoms with Gasteiger partial charge in [0.15, 0.2) is 0 Å². The molecule has 0 aliphatic carbocycles. The number of nitrogens with one attached hydrogen (secondary N) is 2. The Balaban J connectivity index is 3.20. The van der Waals surface area contributed by atoms with E-state index in [0.29, 0.717) is 17.0 Å². The van der Waals surface area contributed by atoms with Gasteiger partial charge >= 0.3 is 0 Å². The van der Waals surface area contributed by atoms with Crippen molar-refractivity contribution in [1.82, 2.24) is 10.0 Å². The highest BCUT2D eigenvalue weighted by atomic mass is 32.2. The van der Waals surface area contributed by atoms with Gasteiger partial charge in [0.05, 0.1) is 12.0 Å². The van der Waals surface area contributed by atoms with Gasteiger partial charge in [0.2, 0.25) is 10.0 Å². The van der Waals surface area contributed by atoms with E-state index in [1.165, 1.54) is 0 Å². The average molecular weight is 314 g/mol. The number of hydrogen-bond donors (Lipinski definition) is 2. The smallest absolute Gasteiger partial charge is 0.240 e. The second kappa shape index (κ2) is 7.24. The number of likely N-dealkylation sites (N-methyl/N-ethyl adjacent to an activating group) is 1. The van der Waals surface area contributed by atoms with Gasteiger partial charge in [-0.05, 0) is 50.1 Å². The van der Waals surface area contributed by atoms with E-state index in [-0.39, 0.29) is 12.0 Å². The van der Waals surface area contributed by atoms with E-state index in [4.69, 9.17) is 4.74 Å². The van der Waals surface area contributed by atoms with Crippen molar-refractivity contribution >= 4 is 10.0 Å². The Morgan fingerprint density at radius 1 is 1.24 bits per heavy atom. The molecule has 0 aromatic heterocycles. The first-order valence-electron chi connectivity index (χ1n) is 7.08. The summed E-state index contributed by atoms with van der Waals surface area (Å²) in [5, 5.41) is 3.00. The molecule has 0 spiro atoms. The van der Waals surface area contributed by atoms with Crippen LogP contribution in [0.1, 0.15) is 37.8 Å². The van der Waals surface area contributed by atoms with Crippen molar-refractivity contribution in [3.05, 3.63) is 23.3 Å². The van der Waals surface area contributed by atoms with Crippen LogP contribution in [0, 0.1) is 6.92 Å². The number of sulfonamides is 1. The van der Waals surface area contributed by atoms with Crippen LogP contribution in [0.25, 0.3) is 0 Å². The minimum Gasteiger partial charge on any atom is -0.496 e. The van der Waals surface area contributed by atoms with Crippen molar-refractivity contribution in [2.75, 3.05) is 20.7 Å². The molecule has 0 aliphatic heterocycles. The lowest BCUT2D eigenvalue weighted by atomic mass is 10.0. The van der Waals surface area contributed by atoms with E-state index < -0.39 is 10.0 Å². The highest BCUT2D eigenvalue weighted by molar-refractivity contribution is 7.89. The summed E-state index contributed by atoms with van der Waals surface area (Å²) in [5.74, 6) is 0.913. The van der Waals surface area contributed by atoms with E-state index in [1.54, 1.807) is 33.2 Å². The predicted molar refractivity (Wildman–Crippen MR) is 85.5 cm³/mol. The van der Waals surface area contributed by atoms with Crippen LogP contribution in [-0.2, 0) is 10.0 Å². The van der Waals surface area contributed by atoms with Crippen molar-refractivity contribution in [3.8, 4) is 5.75 Å². The molecule has 120 valence electrons. The van der Waals surface area contributed by atoms with E-state index in [9.17, 15) is 8.42 Å². The van der Waals surface area contributed by atoms with Gasteiger partial charge in [-0.15, -0.1) is 0 Å². The minimum atomic E-state index is -3.52. The van der Waals surface area contributed by atoms with E-state index in [0.717, 1.165) is 11.3 Å². The number of rotatable bonds is 7. The fraction of sp³-hybridized carbons (Fsp3) is 0.600. The molecule has 0 saturated carbocycles. The third-order valence-electron chi connectivity index (χ3n) is 3.51. The first kappa shape index (κ1) is 17.9. The largest absolute Gasteiger partial charge is 0.496 e. The highest BCUT2D eigenvalue weighted by Gasteiger charge is 2.21. The molecular formula is C15H26N2O3S. The maximum absolute atomic E-state index is 12.5. The maximum atomic E-state index is 12.5. The zero-order valence-electron chi connectivity index (χ0n) is 13.6. The first-order valence-corrected chi connectivity index (χ1v) is 8.56. The second-order valence-electron chi connectivity index (χ2n) is 5.56. The summed E-state index contributed by atoms with van der Waals surface area (Å²) in [6.45, 7) is 8.08. The first-order chi connectivity index (χ1) is 9.72. The Hall–Kier alpha value is -1.11. The molecule has 2 N–H and O–H groups in total. The second-order valence-corrected chi connectivity index (χ2v) is 7.29. The van der Waals surface area contributed by atoms with Crippen molar-refractivity contribution in [1.29, 1.82) is 0 Å². The molecule has 0 aliphatic rings. The third-order valence-corrected chi connectivity index (χ3v) is 5.08. The molecule has 1 aromatic rings. The lowest BCUT2D eigenvalue weighted by molar-refractivity contribution is 0.406. The number of hydrogen-bond acceptors (Lipinski definition) is 4. The molecule has 0 amide bonds. The topological polar surface area (TPSA) is 67.4 Å². The summed E-state index contributed by atoms with van der Waals surface area (Å²) in [5.41, 5.74) is 1.58. The van der Waals surface area contributed by atoms with Crippen LogP contribution in [0.2, 0.25) is 0 Å².